The summed E-state index contributed by atoms with van der Waals surface area (Å²) in [7, 11) is -4.31. The Bertz CT molecular complexity index is 661. The normalized spacial score (nSPS) is 12.9. The molecule has 0 saturated carbocycles. The Morgan fingerprint density at radius 1 is 1.52 bits per heavy atom. The maximum absolute atomic E-state index is 12.2. The molecule has 0 bridgehead atoms. The molecule has 0 fully saturated rings. The fourth-order valence-electron chi connectivity index (χ4n) is 1.63. The summed E-state index contributed by atoms with van der Waals surface area (Å²) in [5.41, 5.74) is -0.627. The number of nitro benzene ring substituents is 1. The average Bonchev–Trinajstić information content (AvgIpc) is 2.37. The van der Waals surface area contributed by atoms with Gasteiger partial charge in [-0.25, -0.2) is 8.42 Å². The van der Waals surface area contributed by atoms with E-state index in [0.717, 1.165) is 12.1 Å². The van der Waals surface area contributed by atoms with Crippen molar-refractivity contribution in [2.24, 2.45) is 0 Å². The fraction of sp³-hybridized carbons (Fsp3) is 0.364. The number of halogens is 1. The van der Waals surface area contributed by atoms with Gasteiger partial charge in [-0.15, -0.1) is 0 Å². The van der Waals surface area contributed by atoms with Crippen molar-refractivity contribution in [3.05, 3.63) is 32.8 Å². The number of rotatable bonds is 7. The molecule has 1 unspecified atom stereocenters. The number of hydrogen-bond donors (Lipinski definition) is 2. The Morgan fingerprint density at radius 2 is 2.14 bits per heavy atom. The van der Waals surface area contributed by atoms with Crippen molar-refractivity contribution in [3.63, 3.8) is 0 Å². The molecule has 0 amide bonds. The number of nitro groups is 1. The van der Waals surface area contributed by atoms with Gasteiger partial charge >= 0.3 is 5.97 Å². The Balaban J connectivity index is 3.25. The number of benzene rings is 1. The van der Waals surface area contributed by atoms with E-state index >= 15 is 0 Å². The molecule has 0 spiro atoms. The summed E-state index contributed by atoms with van der Waals surface area (Å²) in [5.74, 6) is -1.33. The number of sulfonamides is 1. The van der Waals surface area contributed by atoms with Crippen LogP contribution in [0.5, 0.6) is 0 Å². The van der Waals surface area contributed by atoms with Crippen LogP contribution in [0, 0.1) is 10.1 Å². The van der Waals surface area contributed by atoms with Gasteiger partial charge in [-0.2, -0.15) is 4.72 Å². The summed E-state index contributed by atoms with van der Waals surface area (Å²) >= 11 is 3.02. The first-order chi connectivity index (χ1) is 9.69. The zero-order valence-corrected chi connectivity index (χ0v) is 13.3. The minimum Gasteiger partial charge on any atom is -0.480 e. The molecule has 1 rings (SSSR count). The van der Waals surface area contributed by atoms with Gasteiger partial charge in [-0.05, 0) is 18.6 Å². The van der Waals surface area contributed by atoms with Gasteiger partial charge in [0.15, 0.2) is 4.90 Å². The van der Waals surface area contributed by atoms with Crippen molar-refractivity contribution in [1.82, 2.24) is 4.72 Å². The summed E-state index contributed by atoms with van der Waals surface area (Å²) in [6, 6.07) is 2.10. The lowest BCUT2D eigenvalue weighted by atomic mass is 10.2. The third-order valence-electron chi connectivity index (χ3n) is 2.58. The third-order valence-corrected chi connectivity index (χ3v) is 4.59. The van der Waals surface area contributed by atoms with Gasteiger partial charge < -0.3 is 5.11 Å². The molecule has 0 saturated heterocycles. The highest BCUT2D eigenvalue weighted by Crippen LogP contribution is 2.27. The van der Waals surface area contributed by atoms with E-state index in [0.29, 0.717) is 10.9 Å². The maximum atomic E-state index is 12.2. The second-order valence-electron chi connectivity index (χ2n) is 4.17. The molecule has 1 aromatic rings. The first kappa shape index (κ1) is 17.5. The van der Waals surface area contributed by atoms with Gasteiger partial charge in [0.2, 0.25) is 10.0 Å². The first-order valence-corrected chi connectivity index (χ1v) is 8.15. The number of carboxylic acid groups (broad SMARTS) is 1. The summed E-state index contributed by atoms with van der Waals surface area (Å²) in [5, 5.41) is 19.9. The number of carbonyl (C=O) groups is 1. The van der Waals surface area contributed by atoms with Crippen molar-refractivity contribution in [2.45, 2.75) is 30.7 Å². The number of hydrogen-bond acceptors (Lipinski definition) is 5. The monoisotopic (exact) mass is 380 g/mol. The Kier molecular flexibility index (Phi) is 5.81. The van der Waals surface area contributed by atoms with E-state index in [2.05, 4.69) is 15.9 Å². The smallest absolute Gasteiger partial charge is 0.321 e. The highest BCUT2D eigenvalue weighted by atomic mass is 79.9. The van der Waals surface area contributed by atoms with Crippen molar-refractivity contribution in [1.29, 1.82) is 0 Å². The van der Waals surface area contributed by atoms with Gasteiger partial charge in [-0.1, -0.05) is 29.3 Å². The molecule has 0 aliphatic carbocycles. The zero-order valence-electron chi connectivity index (χ0n) is 10.9. The van der Waals surface area contributed by atoms with Crippen LogP contribution >= 0.6 is 15.9 Å². The number of nitrogens with one attached hydrogen (secondary N) is 1. The van der Waals surface area contributed by atoms with Gasteiger partial charge in [-0.3, -0.25) is 14.9 Å². The third kappa shape index (κ3) is 4.48. The average molecular weight is 381 g/mol. The van der Waals surface area contributed by atoms with E-state index in [4.69, 9.17) is 5.11 Å². The molecule has 0 aromatic heterocycles. The lowest BCUT2D eigenvalue weighted by molar-refractivity contribution is -0.387. The van der Waals surface area contributed by atoms with Gasteiger partial charge in [0.25, 0.3) is 5.69 Å². The molecule has 8 nitrogen and oxygen atoms in total. The minimum absolute atomic E-state index is 0.0822. The molecule has 1 atom stereocenters. The van der Waals surface area contributed by atoms with E-state index in [1.54, 1.807) is 6.92 Å². The molecule has 2 N–H and O–H groups in total. The molecular formula is C11H13BrN2O6S. The molecule has 1 aromatic carbocycles. The Hall–Kier alpha value is -1.52. The van der Waals surface area contributed by atoms with E-state index in [1.165, 1.54) is 6.07 Å². The summed E-state index contributed by atoms with van der Waals surface area (Å²) in [4.78, 5) is 20.5. The molecular weight excluding hydrogens is 368 g/mol. The van der Waals surface area contributed by atoms with Gasteiger partial charge in [0.1, 0.15) is 6.04 Å². The molecule has 0 aliphatic rings. The van der Waals surface area contributed by atoms with Gasteiger partial charge in [0.05, 0.1) is 4.92 Å². The topological polar surface area (TPSA) is 127 Å². The molecule has 10 heteroatoms. The van der Waals surface area contributed by atoms with Crippen LogP contribution in [0.15, 0.2) is 27.6 Å². The van der Waals surface area contributed by atoms with Crippen LogP contribution in [0.4, 0.5) is 5.69 Å². The van der Waals surface area contributed by atoms with Crippen LogP contribution in [0.1, 0.15) is 19.8 Å². The molecule has 116 valence electrons. The van der Waals surface area contributed by atoms with E-state index in [1.807, 2.05) is 4.72 Å². The fourth-order valence-corrected chi connectivity index (χ4v) is 3.36. The van der Waals surface area contributed by atoms with Crippen LogP contribution in [0.25, 0.3) is 0 Å². The van der Waals surface area contributed by atoms with Crippen molar-refractivity contribution in [3.8, 4) is 0 Å². The number of carboxylic acids is 1. The summed E-state index contributed by atoms with van der Waals surface area (Å²) in [6.07, 6.45) is 0.529. The lowest BCUT2D eigenvalue weighted by Gasteiger charge is -2.14. The molecule has 0 radical (unpaired) electrons. The predicted molar refractivity (Wildman–Crippen MR) is 77.4 cm³/mol. The van der Waals surface area contributed by atoms with Crippen molar-refractivity contribution in [2.75, 3.05) is 0 Å². The molecule has 0 aliphatic heterocycles. The van der Waals surface area contributed by atoms with E-state index < -0.39 is 37.5 Å². The zero-order chi connectivity index (χ0) is 16.2. The van der Waals surface area contributed by atoms with Crippen LogP contribution in [0.2, 0.25) is 0 Å². The largest absolute Gasteiger partial charge is 0.480 e. The van der Waals surface area contributed by atoms with Gasteiger partial charge in [0, 0.05) is 10.5 Å². The highest BCUT2D eigenvalue weighted by molar-refractivity contribution is 9.10. The molecule has 21 heavy (non-hydrogen) atoms. The first-order valence-electron chi connectivity index (χ1n) is 5.88. The Morgan fingerprint density at radius 3 is 2.62 bits per heavy atom. The second-order valence-corrected chi connectivity index (χ2v) is 6.77. The lowest BCUT2D eigenvalue weighted by Crippen LogP contribution is -2.40. The quantitative estimate of drug-likeness (QED) is 0.549. The minimum atomic E-state index is -4.31. The van der Waals surface area contributed by atoms with Crippen LogP contribution in [-0.2, 0) is 14.8 Å². The second kappa shape index (κ2) is 6.96. The van der Waals surface area contributed by atoms with Crippen LogP contribution < -0.4 is 4.72 Å². The Labute approximate surface area is 129 Å². The predicted octanol–water partition coefficient (Wildman–Crippen LogP) is 1.89. The van der Waals surface area contributed by atoms with Crippen LogP contribution in [0.3, 0.4) is 0 Å². The maximum Gasteiger partial charge on any atom is 0.321 e. The van der Waals surface area contributed by atoms with Crippen molar-refractivity contribution < 1.29 is 23.2 Å². The van der Waals surface area contributed by atoms with E-state index in [9.17, 15) is 23.3 Å². The standard InChI is InChI=1S/C11H13BrN2O6S/c1-2-3-8(11(15)16)13-21(19,20)10-5-4-7(12)6-9(10)14(17)18/h4-6,8,13H,2-3H2,1H3,(H,15,16). The highest BCUT2D eigenvalue weighted by Gasteiger charge is 2.30. The van der Waals surface area contributed by atoms with Crippen LogP contribution in [-0.4, -0.2) is 30.5 Å². The van der Waals surface area contributed by atoms with E-state index in [-0.39, 0.29) is 6.42 Å². The SMILES string of the molecule is CCCC(NS(=O)(=O)c1ccc(Br)cc1[N+](=O)[O-])C(=O)O. The summed E-state index contributed by atoms with van der Waals surface area (Å²) in [6.45, 7) is 1.70. The number of aliphatic carboxylic acids is 1. The summed E-state index contributed by atoms with van der Waals surface area (Å²) < 4.78 is 26.7. The van der Waals surface area contributed by atoms with Crippen molar-refractivity contribution >= 4 is 37.6 Å². The number of nitrogens with zero attached hydrogens (tertiary/aromatic N) is 1. The molecule has 0 heterocycles.